The maximum atomic E-state index is 13.3. The van der Waals surface area contributed by atoms with E-state index in [0.717, 1.165) is 0 Å². The maximum absolute atomic E-state index is 13.3. The summed E-state index contributed by atoms with van der Waals surface area (Å²) < 4.78 is 16.5. The highest BCUT2D eigenvalue weighted by molar-refractivity contribution is 6.24. The highest BCUT2D eigenvalue weighted by Gasteiger charge is 2.33. The molecule has 0 spiro atoms. The van der Waals surface area contributed by atoms with Gasteiger partial charge in [-0.1, -0.05) is 43.3 Å². The van der Waals surface area contributed by atoms with Crippen LogP contribution >= 0.6 is 0 Å². The summed E-state index contributed by atoms with van der Waals surface area (Å²) in [5.41, 5.74) is 6.11. The molecule has 0 saturated heterocycles. The molecule has 0 aromatic rings. The van der Waals surface area contributed by atoms with Gasteiger partial charge in [-0.3, -0.25) is 9.59 Å². The number of aliphatic hydroxyl groups is 2. The fourth-order valence-corrected chi connectivity index (χ4v) is 4.75. The number of hydrogen-bond acceptors (Lipinski definition) is 10. The summed E-state index contributed by atoms with van der Waals surface area (Å²) in [6.45, 7) is 6.92. The van der Waals surface area contributed by atoms with E-state index in [-0.39, 0.29) is 40.7 Å². The molecular weight excluding hydrogens is 534 g/mol. The predicted octanol–water partition coefficient (Wildman–Crippen LogP) is 2.75. The van der Waals surface area contributed by atoms with E-state index in [1.807, 2.05) is 6.92 Å². The van der Waals surface area contributed by atoms with E-state index in [1.165, 1.54) is 33.5 Å². The van der Waals surface area contributed by atoms with Crippen LogP contribution in [0.5, 0.6) is 0 Å². The van der Waals surface area contributed by atoms with Crippen molar-refractivity contribution in [1.82, 2.24) is 5.32 Å². The van der Waals surface area contributed by atoms with Crippen LogP contribution in [0.25, 0.3) is 0 Å². The summed E-state index contributed by atoms with van der Waals surface area (Å²) >= 11 is 0. The number of ketones is 1. The molecule has 5 N–H and O–H groups in total. The lowest BCUT2D eigenvalue weighted by molar-refractivity contribution is -0.119. The number of carbonyl (C=O) groups excluding carboxylic acids is 3. The van der Waals surface area contributed by atoms with Crippen LogP contribution in [-0.2, 0) is 28.6 Å². The minimum absolute atomic E-state index is 0.0157. The van der Waals surface area contributed by atoms with E-state index in [0.29, 0.717) is 12.0 Å². The van der Waals surface area contributed by atoms with Crippen LogP contribution in [0.1, 0.15) is 40.5 Å². The number of primary amides is 1. The number of Topliss-reactive ketones (excluding diaryl/α,β-unsaturated/α-hetero) is 1. The molecule has 0 fully saturated rings. The molecule has 0 saturated carbocycles. The Morgan fingerprint density at radius 3 is 2.41 bits per heavy atom. The van der Waals surface area contributed by atoms with Crippen molar-refractivity contribution in [3.05, 3.63) is 58.6 Å². The lowest BCUT2D eigenvalue weighted by atomic mass is 9.85. The summed E-state index contributed by atoms with van der Waals surface area (Å²) in [5.74, 6) is -2.17. The number of ether oxygens (including phenoxy) is 3. The molecule has 6 atom stereocenters. The zero-order valence-electron chi connectivity index (χ0n) is 24.5. The van der Waals surface area contributed by atoms with Crippen LogP contribution in [0.2, 0.25) is 0 Å². The fraction of sp³-hybridized carbons (Fsp3) is 0.517. The van der Waals surface area contributed by atoms with Crippen LogP contribution in [0, 0.1) is 11.8 Å². The minimum atomic E-state index is -1.00. The molecule has 0 aromatic heterocycles. The molecule has 2 bridgehead atoms. The third-order valence-corrected chi connectivity index (χ3v) is 6.97. The highest BCUT2D eigenvalue weighted by atomic mass is 16.6. The highest BCUT2D eigenvalue weighted by Crippen LogP contribution is 2.29. The van der Waals surface area contributed by atoms with Gasteiger partial charge in [0.1, 0.15) is 18.9 Å². The maximum Gasteiger partial charge on any atom is 0.405 e. The Morgan fingerprint density at radius 2 is 1.83 bits per heavy atom. The average Bonchev–Trinajstić information content (AvgIpc) is 2.92. The van der Waals surface area contributed by atoms with Gasteiger partial charge in [-0.2, -0.15) is 0 Å². The van der Waals surface area contributed by atoms with Gasteiger partial charge in [-0.05, 0) is 44.3 Å². The molecule has 2 aliphatic rings. The van der Waals surface area contributed by atoms with Crippen molar-refractivity contribution < 1.29 is 43.6 Å². The molecule has 0 radical (unpaired) electrons. The Bertz CT molecular complexity index is 1180. The van der Waals surface area contributed by atoms with Gasteiger partial charge in [-0.25, -0.2) is 4.79 Å². The van der Waals surface area contributed by atoms with E-state index >= 15 is 0 Å². The molecule has 12 heteroatoms. The van der Waals surface area contributed by atoms with E-state index < -0.39 is 48.1 Å². The summed E-state index contributed by atoms with van der Waals surface area (Å²) in [7, 11) is 4.20. The second-order valence-corrected chi connectivity index (χ2v) is 10.2. The molecule has 2 amide bonds. The van der Waals surface area contributed by atoms with E-state index in [2.05, 4.69) is 10.5 Å². The van der Waals surface area contributed by atoms with Crippen LogP contribution < -0.4 is 11.1 Å². The summed E-state index contributed by atoms with van der Waals surface area (Å²) in [5, 5.41) is 28.4. The largest absolute Gasteiger partial charge is 0.505 e. The Hall–Kier alpha value is -3.74. The van der Waals surface area contributed by atoms with Gasteiger partial charge in [0.2, 0.25) is 5.78 Å². The van der Waals surface area contributed by atoms with Crippen LogP contribution in [-0.4, -0.2) is 79.5 Å². The second kappa shape index (κ2) is 15.3. The SMILES string of the molecule is CO/N=C1\C=C2NC(=O)/C(C)=C/C=C\[C@H](OC)[C@@H](OC(N)=O)/C(C)=C/[C@H](C)[C@@H](O)[C@@H](OC)C[C@H](C)CC(=C1O)C2=O. The van der Waals surface area contributed by atoms with Crippen LogP contribution in [0.15, 0.2) is 63.7 Å². The minimum Gasteiger partial charge on any atom is -0.505 e. The third-order valence-electron chi connectivity index (χ3n) is 6.97. The lowest BCUT2D eigenvalue weighted by Crippen LogP contribution is -2.37. The first kappa shape index (κ1) is 33.5. The van der Waals surface area contributed by atoms with Crippen molar-refractivity contribution in [2.45, 2.75) is 65.0 Å². The number of rotatable bonds is 4. The number of nitrogens with two attached hydrogens (primary N) is 1. The van der Waals surface area contributed by atoms with Gasteiger partial charge < -0.3 is 40.3 Å². The van der Waals surface area contributed by atoms with Crippen molar-refractivity contribution in [3.8, 4) is 0 Å². The Kier molecular flexibility index (Phi) is 12.5. The molecule has 226 valence electrons. The number of hydrogen-bond donors (Lipinski definition) is 4. The number of carbonyl (C=O) groups is 3. The summed E-state index contributed by atoms with van der Waals surface area (Å²) in [4.78, 5) is 42.8. The Morgan fingerprint density at radius 1 is 1.15 bits per heavy atom. The number of allylic oxidation sites excluding steroid dienone is 4. The number of amides is 2. The van der Waals surface area contributed by atoms with Crippen molar-refractivity contribution in [2.24, 2.45) is 22.7 Å². The first-order chi connectivity index (χ1) is 19.3. The first-order valence-electron chi connectivity index (χ1n) is 13.2. The van der Waals surface area contributed by atoms with Crippen LogP contribution in [0.3, 0.4) is 0 Å². The molecule has 41 heavy (non-hydrogen) atoms. The van der Waals surface area contributed by atoms with Gasteiger partial charge in [-0.15, -0.1) is 0 Å². The molecular formula is C29H41N3O9. The quantitative estimate of drug-likeness (QED) is 0.223. The predicted molar refractivity (Wildman–Crippen MR) is 152 cm³/mol. The average molecular weight is 576 g/mol. The normalized spacial score (nSPS) is 33.2. The molecule has 1 heterocycles. The molecule has 2 rings (SSSR count). The van der Waals surface area contributed by atoms with Gasteiger partial charge in [0.15, 0.2) is 11.9 Å². The molecule has 1 aliphatic carbocycles. The lowest BCUT2D eigenvalue weighted by Gasteiger charge is -2.29. The van der Waals surface area contributed by atoms with Gasteiger partial charge in [0.05, 0.1) is 17.9 Å². The number of methoxy groups -OCH3 is 2. The Balaban J connectivity index is 2.63. The van der Waals surface area contributed by atoms with Crippen LogP contribution in [0.4, 0.5) is 4.79 Å². The number of nitrogens with one attached hydrogen (secondary N) is 1. The summed E-state index contributed by atoms with van der Waals surface area (Å²) in [6, 6.07) is 0. The fourth-order valence-electron chi connectivity index (χ4n) is 4.75. The number of nitrogens with zero attached hydrogens (tertiary/aromatic N) is 1. The topological polar surface area (TPSA) is 179 Å². The Labute approximate surface area is 240 Å². The molecule has 1 aliphatic heterocycles. The zero-order valence-corrected chi connectivity index (χ0v) is 24.5. The molecule has 0 aromatic carbocycles. The van der Waals surface area contributed by atoms with E-state index in [1.54, 1.807) is 39.0 Å². The van der Waals surface area contributed by atoms with E-state index in [4.69, 9.17) is 24.8 Å². The monoisotopic (exact) mass is 575 g/mol. The second-order valence-electron chi connectivity index (χ2n) is 10.2. The smallest absolute Gasteiger partial charge is 0.405 e. The summed E-state index contributed by atoms with van der Waals surface area (Å²) in [6.07, 6.45) is 3.76. The van der Waals surface area contributed by atoms with Gasteiger partial charge in [0.25, 0.3) is 5.91 Å². The number of fused-ring (bicyclic) bond motifs is 2. The van der Waals surface area contributed by atoms with Crippen molar-refractivity contribution in [1.29, 1.82) is 0 Å². The standard InChI is InChI=1S/C29H41N3O9/c1-15-11-19-25(34)20(14-21(26(19)35)32-40-7)31-28(36)16(2)9-8-10-22(38-5)27(41-29(30)37)18(4)13-17(3)24(33)23(12-15)39-6/h8-10,13-15,17,22-24,27,33,35H,11-12H2,1-7H3,(H2,30,37)(H,31,36)/b10-8-,16-9+,18-13+,32-21+/t15-,17+,22+,23+,24-,27+/m1/s1. The van der Waals surface area contributed by atoms with Crippen molar-refractivity contribution >= 4 is 23.5 Å². The third kappa shape index (κ3) is 8.87. The zero-order chi connectivity index (χ0) is 30.9. The van der Waals surface area contributed by atoms with Crippen molar-refractivity contribution in [2.75, 3.05) is 21.3 Å². The molecule has 12 nitrogen and oxygen atoms in total. The first-order valence-corrected chi connectivity index (χ1v) is 13.2. The van der Waals surface area contributed by atoms with E-state index in [9.17, 15) is 24.6 Å². The van der Waals surface area contributed by atoms with Gasteiger partial charge in [0, 0.05) is 31.3 Å². The number of oxime groups is 1. The number of aliphatic hydroxyl groups excluding tert-OH is 2. The van der Waals surface area contributed by atoms with Gasteiger partial charge >= 0.3 is 6.09 Å². The van der Waals surface area contributed by atoms with Crippen molar-refractivity contribution in [3.63, 3.8) is 0 Å². The molecule has 0 unspecified atom stereocenters.